The maximum absolute atomic E-state index is 10.4. The van der Waals surface area contributed by atoms with Crippen LogP contribution in [0.2, 0.25) is 0 Å². The molecular formula is C9H14N2O2. The molecule has 1 N–H and O–H groups in total. The molecule has 4 heteroatoms. The average molecular weight is 182 g/mol. The molecular weight excluding hydrogens is 168 g/mol. The van der Waals surface area contributed by atoms with Crippen molar-refractivity contribution in [3.63, 3.8) is 0 Å². The van der Waals surface area contributed by atoms with E-state index < -0.39 is 5.97 Å². The molecule has 0 bridgehead atoms. The Morgan fingerprint density at radius 2 is 2.46 bits per heavy atom. The Kier molecular flexibility index (Phi) is 3.06. The van der Waals surface area contributed by atoms with E-state index in [1.165, 1.54) is 0 Å². The molecule has 0 fully saturated rings. The number of hydrogen-bond donors (Lipinski definition) is 1. The summed E-state index contributed by atoms with van der Waals surface area (Å²) in [4.78, 5) is 14.4. The summed E-state index contributed by atoms with van der Waals surface area (Å²) >= 11 is 0. The first-order valence-electron chi connectivity index (χ1n) is 4.37. The number of rotatable bonds is 4. The lowest BCUT2D eigenvalue weighted by atomic mass is 10.2. The van der Waals surface area contributed by atoms with Gasteiger partial charge in [0.1, 0.15) is 0 Å². The number of aromatic nitrogens is 2. The van der Waals surface area contributed by atoms with Crippen LogP contribution in [0.4, 0.5) is 0 Å². The minimum absolute atomic E-state index is 0.00341. The molecule has 1 aromatic rings. The Balaban J connectivity index is 2.68. The van der Waals surface area contributed by atoms with E-state index in [-0.39, 0.29) is 6.42 Å². The second-order valence-electron chi connectivity index (χ2n) is 3.14. The normalized spacial score (nSPS) is 12.8. The standard InChI is InChI=1S/C9H14N2O2/c1-3-7(2)11-5-8(10-6-11)4-9(12)13/h5-7H,3-4H2,1-2H3,(H,12,13). The molecule has 0 aromatic carbocycles. The fraction of sp³-hybridized carbons (Fsp3) is 0.556. The number of aliphatic carboxylic acids is 1. The summed E-state index contributed by atoms with van der Waals surface area (Å²) in [5, 5.41) is 8.52. The fourth-order valence-electron chi connectivity index (χ4n) is 1.08. The largest absolute Gasteiger partial charge is 0.481 e. The zero-order valence-corrected chi connectivity index (χ0v) is 7.90. The topological polar surface area (TPSA) is 55.1 Å². The van der Waals surface area contributed by atoms with E-state index in [0.29, 0.717) is 11.7 Å². The van der Waals surface area contributed by atoms with Crippen molar-refractivity contribution in [2.45, 2.75) is 32.7 Å². The molecule has 4 nitrogen and oxygen atoms in total. The number of carboxylic acids is 1. The molecule has 0 saturated carbocycles. The Hall–Kier alpha value is -1.32. The number of imidazole rings is 1. The fourth-order valence-corrected chi connectivity index (χ4v) is 1.08. The van der Waals surface area contributed by atoms with Crippen LogP contribution in [-0.4, -0.2) is 20.6 Å². The third-order valence-corrected chi connectivity index (χ3v) is 2.09. The Morgan fingerprint density at radius 3 is 3.00 bits per heavy atom. The molecule has 1 aromatic heterocycles. The lowest BCUT2D eigenvalue weighted by Crippen LogP contribution is -2.02. The molecule has 72 valence electrons. The second-order valence-corrected chi connectivity index (χ2v) is 3.14. The zero-order valence-electron chi connectivity index (χ0n) is 7.90. The van der Waals surface area contributed by atoms with Gasteiger partial charge in [-0.2, -0.15) is 0 Å². The minimum atomic E-state index is -0.839. The number of hydrogen-bond acceptors (Lipinski definition) is 2. The van der Waals surface area contributed by atoms with Gasteiger partial charge in [0.15, 0.2) is 0 Å². The lowest BCUT2D eigenvalue weighted by Gasteiger charge is -2.08. The molecule has 0 aliphatic rings. The van der Waals surface area contributed by atoms with Gasteiger partial charge in [0.05, 0.1) is 18.4 Å². The molecule has 1 atom stereocenters. The van der Waals surface area contributed by atoms with Crippen LogP contribution in [0.5, 0.6) is 0 Å². The van der Waals surface area contributed by atoms with Crippen molar-refractivity contribution < 1.29 is 9.90 Å². The van der Waals surface area contributed by atoms with Gasteiger partial charge in [-0.15, -0.1) is 0 Å². The van der Waals surface area contributed by atoms with Crippen LogP contribution in [0.1, 0.15) is 32.0 Å². The highest BCUT2D eigenvalue weighted by Crippen LogP contribution is 2.10. The smallest absolute Gasteiger partial charge is 0.309 e. The van der Waals surface area contributed by atoms with Crippen LogP contribution >= 0.6 is 0 Å². The van der Waals surface area contributed by atoms with Gasteiger partial charge in [0, 0.05) is 12.2 Å². The van der Waals surface area contributed by atoms with E-state index in [4.69, 9.17) is 5.11 Å². The Labute approximate surface area is 77.2 Å². The summed E-state index contributed by atoms with van der Waals surface area (Å²) in [5.74, 6) is -0.839. The highest BCUT2D eigenvalue weighted by atomic mass is 16.4. The second kappa shape index (κ2) is 4.07. The third-order valence-electron chi connectivity index (χ3n) is 2.09. The predicted octanol–water partition coefficient (Wildman–Crippen LogP) is 1.48. The monoisotopic (exact) mass is 182 g/mol. The maximum atomic E-state index is 10.4. The zero-order chi connectivity index (χ0) is 9.84. The van der Waals surface area contributed by atoms with Crippen LogP contribution < -0.4 is 0 Å². The summed E-state index contributed by atoms with van der Waals surface area (Å²) in [5.41, 5.74) is 0.618. The minimum Gasteiger partial charge on any atom is -0.481 e. The quantitative estimate of drug-likeness (QED) is 0.767. The summed E-state index contributed by atoms with van der Waals surface area (Å²) in [6.45, 7) is 4.16. The molecule has 0 saturated heterocycles. The van der Waals surface area contributed by atoms with Crippen LogP contribution in [0.3, 0.4) is 0 Å². The number of carboxylic acid groups (broad SMARTS) is 1. The SMILES string of the molecule is CCC(C)n1cnc(CC(=O)O)c1. The van der Waals surface area contributed by atoms with E-state index in [0.717, 1.165) is 6.42 Å². The number of carbonyl (C=O) groups is 1. The molecule has 1 heterocycles. The first-order valence-corrected chi connectivity index (χ1v) is 4.37. The van der Waals surface area contributed by atoms with Crippen LogP contribution in [0, 0.1) is 0 Å². The first kappa shape index (κ1) is 9.77. The van der Waals surface area contributed by atoms with Crippen LogP contribution in [0.25, 0.3) is 0 Å². The van der Waals surface area contributed by atoms with Crippen molar-refractivity contribution in [2.24, 2.45) is 0 Å². The average Bonchev–Trinajstić information content (AvgIpc) is 2.50. The summed E-state index contributed by atoms with van der Waals surface area (Å²) in [7, 11) is 0. The lowest BCUT2D eigenvalue weighted by molar-refractivity contribution is -0.136. The van der Waals surface area contributed by atoms with Gasteiger partial charge >= 0.3 is 5.97 Å². The first-order chi connectivity index (χ1) is 6.13. The predicted molar refractivity (Wildman–Crippen MR) is 48.6 cm³/mol. The van der Waals surface area contributed by atoms with Crippen molar-refractivity contribution in [3.8, 4) is 0 Å². The Morgan fingerprint density at radius 1 is 1.77 bits per heavy atom. The molecule has 0 aliphatic carbocycles. The number of nitrogens with zero attached hydrogens (tertiary/aromatic N) is 2. The van der Waals surface area contributed by atoms with Crippen molar-refractivity contribution in [1.82, 2.24) is 9.55 Å². The van der Waals surface area contributed by atoms with Crippen LogP contribution in [0.15, 0.2) is 12.5 Å². The highest BCUT2D eigenvalue weighted by Gasteiger charge is 2.06. The molecule has 0 amide bonds. The maximum Gasteiger partial charge on any atom is 0.309 e. The Bertz CT molecular complexity index is 294. The van der Waals surface area contributed by atoms with E-state index in [1.54, 1.807) is 12.5 Å². The van der Waals surface area contributed by atoms with E-state index >= 15 is 0 Å². The van der Waals surface area contributed by atoms with E-state index in [2.05, 4.69) is 18.8 Å². The van der Waals surface area contributed by atoms with Gasteiger partial charge in [-0.05, 0) is 13.3 Å². The van der Waals surface area contributed by atoms with E-state index in [1.807, 2.05) is 4.57 Å². The van der Waals surface area contributed by atoms with Crippen molar-refractivity contribution in [1.29, 1.82) is 0 Å². The van der Waals surface area contributed by atoms with Gasteiger partial charge in [0.2, 0.25) is 0 Å². The van der Waals surface area contributed by atoms with Crippen molar-refractivity contribution in [3.05, 3.63) is 18.2 Å². The summed E-state index contributed by atoms with van der Waals surface area (Å²) < 4.78 is 1.94. The van der Waals surface area contributed by atoms with Gasteiger partial charge in [0.25, 0.3) is 0 Å². The highest BCUT2D eigenvalue weighted by molar-refractivity contribution is 5.69. The van der Waals surface area contributed by atoms with Crippen molar-refractivity contribution in [2.75, 3.05) is 0 Å². The van der Waals surface area contributed by atoms with Crippen molar-refractivity contribution >= 4 is 5.97 Å². The van der Waals surface area contributed by atoms with E-state index in [9.17, 15) is 4.79 Å². The molecule has 1 unspecified atom stereocenters. The summed E-state index contributed by atoms with van der Waals surface area (Å²) in [6.07, 6.45) is 4.50. The van der Waals surface area contributed by atoms with Crippen LogP contribution in [-0.2, 0) is 11.2 Å². The van der Waals surface area contributed by atoms with Gasteiger partial charge in [-0.3, -0.25) is 4.79 Å². The molecule has 0 aliphatic heterocycles. The third kappa shape index (κ3) is 2.57. The molecule has 1 rings (SSSR count). The van der Waals surface area contributed by atoms with Gasteiger partial charge in [-0.1, -0.05) is 6.92 Å². The van der Waals surface area contributed by atoms with Gasteiger partial charge < -0.3 is 9.67 Å². The van der Waals surface area contributed by atoms with Gasteiger partial charge in [-0.25, -0.2) is 4.98 Å². The summed E-state index contributed by atoms with van der Waals surface area (Å²) in [6, 6.07) is 0.384. The molecule has 0 radical (unpaired) electrons. The molecule has 13 heavy (non-hydrogen) atoms. The molecule has 0 spiro atoms.